The van der Waals surface area contributed by atoms with E-state index in [1.165, 1.54) is 24.5 Å². The Balaban J connectivity index is 1.77. The van der Waals surface area contributed by atoms with Gasteiger partial charge < -0.3 is 10.6 Å². The Morgan fingerprint density at radius 3 is 2.80 bits per heavy atom. The minimum absolute atomic E-state index is 0.0361. The molecule has 2 aromatic heterocycles. The largest absolute Gasteiger partial charge is 0.357 e. The summed E-state index contributed by atoms with van der Waals surface area (Å²) >= 11 is 1.44. The molecule has 0 bridgehead atoms. The Morgan fingerprint density at radius 1 is 1.32 bits per heavy atom. The zero-order valence-corrected chi connectivity index (χ0v) is 13.9. The Bertz CT molecular complexity index is 909. The second-order valence-corrected chi connectivity index (χ2v) is 6.16. The van der Waals surface area contributed by atoms with Crippen LogP contribution in [0, 0.1) is 11.6 Å². The molecule has 2 heterocycles. The van der Waals surface area contributed by atoms with Crippen molar-refractivity contribution in [2.24, 2.45) is 0 Å². The number of imidazole rings is 1. The molecule has 0 saturated carbocycles. The van der Waals surface area contributed by atoms with Gasteiger partial charge in [-0.05, 0) is 17.7 Å². The van der Waals surface area contributed by atoms with Gasteiger partial charge in [0.05, 0.1) is 12.1 Å². The van der Waals surface area contributed by atoms with Crippen LogP contribution in [0.5, 0.6) is 0 Å². The van der Waals surface area contributed by atoms with Gasteiger partial charge in [-0.2, -0.15) is 0 Å². The van der Waals surface area contributed by atoms with Crippen molar-refractivity contribution in [3.63, 3.8) is 0 Å². The van der Waals surface area contributed by atoms with Gasteiger partial charge in [-0.15, -0.1) is 11.3 Å². The standard InChI is InChI=1S/C16H14F2N4O2S/c1-19-15(24)14(9-2-3-11(17)12(18)6-9)21-13(23)7-10-8-22-4-5-25-16(22)20-10/h2-6,8,14H,7H2,1H3,(H,19,24)(H,21,23). The number of carbonyl (C=O) groups is 2. The van der Waals surface area contributed by atoms with Gasteiger partial charge in [0.25, 0.3) is 0 Å². The quantitative estimate of drug-likeness (QED) is 0.725. The molecule has 0 fully saturated rings. The van der Waals surface area contributed by atoms with Gasteiger partial charge in [-0.1, -0.05) is 6.07 Å². The molecular formula is C16H14F2N4O2S. The number of aromatic nitrogens is 2. The normalized spacial score (nSPS) is 12.1. The fourth-order valence-electron chi connectivity index (χ4n) is 2.37. The number of hydrogen-bond donors (Lipinski definition) is 2. The van der Waals surface area contributed by atoms with Crippen molar-refractivity contribution in [1.82, 2.24) is 20.0 Å². The molecule has 3 aromatic rings. The van der Waals surface area contributed by atoms with E-state index < -0.39 is 29.5 Å². The predicted molar refractivity (Wildman–Crippen MR) is 88.1 cm³/mol. The zero-order chi connectivity index (χ0) is 18.0. The van der Waals surface area contributed by atoms with Crippen LogP contribution in [0.2, 0.25) is 0 Å². The van der Waals surface area contributed by atoms with Crippen LogP contribution in [-0.2, 0) is 16.0 Å². The average molecular weight is 364 g/mol. The number of benzene rings is 1. The van der Waals surface area contributed by atoms with Gasteiger partial charge in [0.2, 0.25) is 11.8 Å². The highest BCUT2D eigenvalue weighted by atomic mass is 32.1. The van der Waals surface area contributed by atoms with E-state index in [0.717, 1.165) is 17.1 Å². The first-order chi connectivity index (χ1) is 12.0. The summed E-state index contributed by atoms with van der Waals surface area (Å²) in [5.41, 5.74) is 0.697. The molecule has 0 aliphatic carbocycles. The van der Waals surface area contributed by atoms with Crippen LogP contribution in [0.15, 0.2) is 36.0 Å². The number of amides is 2. The van der Waals surface area contributed by atoms with E-state index in [0.29, 0.717) is 5.69 Å². The minimum atomic E-state index is -1.13. The van der Waals surface area contributed by atoms with Crippen molar-refractivity contribution < 1.29 is 18.4 Å². The molecular weight excluding hydrogens is 350 g/mol. The van der Waals surface area contributed by atoms with E-state index in [1.54, 1.807) is 10.6 Å². The van der Waals surface area contributed by atoms with Gasteiger partial charge in [-0.25, -0.2) is 13.8 Å². The fraction of sp³-hybridized carbons (Fsp3) is 0.188. The molecule has 9 heteroatoms. The summed E-state index contributed by atoms with van der Waals surface area (Å²) in [5, 5.41) is 6.80. The average Bonchev–Trinajstić information content (AvgIpc) is 3.16. The molecule has 2 amide bonds. The van der Waals surface area contributed by atoms with Crippen molar-refractivity contribution in [3.8, 4) is 0 Å². The molecule has 1 atom stereocenters. The number of likely N-dealkylation sites (N-methyl/N-ethyl adjacent to an activating group) is 1. The molecule has 2 N–H and O–H groups in total. The lowest BCUT2D eigenvalue weighted by molar-refractivity contribution is -0.128. The van der Waals surface area contributed by atoms with Crippen molar-refractivity contribution in [3.05, 3.63) is 58.9 Å². The van der Waals surface area contributed by atoms with Crippen molar-refractivity contribution in [1.29, 1.82) is 0 Å². The van der Waals surface area contributed by atoms with Crippen molar-refractivity contribution in [2.75, 3.05) is 7.05 Å². The first-order valence-corrected chi connectivity index (χ1v) is 8.23. The Kier molecular flexibility index (Phi) is 4.75. The molecule has 0 saturated heterocycles. The topological polar surface area (TPSA) is 75.5 Å². The van der Waals surface area contributed by atoms with Gasteiger partial charge >= 0.3 is 0 Å². The van der Waals surface area contributed by atoms with E-state index in [1.807, 2.05) is 11.6 Å². The van der Waals surface area contributed by atoms with Gasteiger partial charge in [-0.3, -0.25) is 14.0 Å². The summed E-state index contributed by atoms with van der Waals surface area (Å²) in [5.74, 6) is -3.10. The van der Waals surface area contributed by atoms with Crippen LogP contribution in [0.25, 0.3) is 4.96 Å². The van der Waals surface area contributed by atoms with E-state index in [9.17, 15) is 18.4 Å². The highest BCUT2D eigenvalue weighted by Gasteiger charge is 2.23. The van der Waals surface area contributed by atoms with Crippen LogP contribution in [0.4, 0.5) is 8.78 Å². The maximum absolute atomic E-state index is 13.4. The van der Waals surface area contributed by atoms with E-state index >= 15 is 0 Å². The minimum Gasteiger partial charge on any atom is -0.357 e. The van der Waals surface area contributed by atoms with E-state index in [-0.39, 0.29) is 12.0 Å². The molecule has 25 heavy (non-hydrogen) atoms. The highest BCUT2D eigenvalue weighted by Crippen LogP contribution is 2.17. The van der Waals surface area contributed by atoms with E-state index in [2.05, 4.69) is 15.6 Å². The monoisotopic (exact) mass is 364 g/mol. The van der Waals surface area contributed by atoms with E-state index in [4.69, 9.17) is 0 Å². The Labute approximate surface area is 145 Å². The molecule has 1 aromatic carbocycles. The molecule has 6 nitrogen and oxygen atoms in total. The zero-order valence-electron chi connectivity index (χ0n) is 13.1. The molecule has 0 spiro atoms. The smallest absolute Gasteiger partial charge is 0.246 e. The molecule has 0 radical (unpaired) electrons. The predicted octanol–water partition coefficient (Wildman–Crippen LogP) is 1.82. The summed E-state index contributed by atoms with van der Waals surface area (Å²) in [6.07, 6.45) is 3.51. The number of fused-ring (bicyclic) bond motifs is 1. The number of halogens is 2. The summed E-state index contributed by atoms with van der Waals surface area (Å²) in [6, 6.07) is 1.93. The van der Waals surface area contributed by atoms with Crippen LogP contribution >= 0.6 is 11.3 Å². The summed E-state index contributed by atoms with van der Waals surface area (Å²) in [7, 11) is 1.39. The van der Waals surface area contributed by atoms with Gasteiger partial charge in [0.1, 0.15) is 6.04 Å². The molecule has 0 aliphatic heterocycles. The third kappa shape index (κ3) is 3.66. The van der Waals surface area contributed by atoms with Crippen LogP contribution in [0.1, 0.15) is 17.3 Å². The molecule has 3 rings (SSSR count). The van der Waals surface area contributed by atoms with Gasteiger partial charge in [0, 0.05) is 24.8 Å². The number of rotatable bonds is 5. The SMILES string of the molecule is CNC(=O)C(NC(=O)Cc1cn2ccsc2n1)c1ccc(F)c(F)c1. The lowest BCUT2D eigenvalue weighted by Gasteiger charge is -2.17. The second-order valence-electron chi connectivity index (χ2n) is 5.29. The van der Waals surface area contributed by atoms with Crippen LogP contribution in [0.3, 0.4) is 0 Å². The first kappa shape index (κ1) is 17.0. The second kappa shape index (κ2) is 6.98. The summed E-state index contributed by atoms with van der Waals surface area (Å²) < 4.78 is 28.3. The maximum Gasteiger partial charge on any atom is 0.246 e. The summed E-state index contributed by atoms with van der Waals surface area (Å²) in [4.78, 5) is 29.3. The number of carbonyl (C=O) groups excluding carboxylic acids is 2. The Hall–Kier alpha value is -2.81. The Morgan fingerprint density at radius 2 is 2.12 bits per heavy atom. The molecule has 1 unspecified atom stereocenters. The maximum atomic E-state index is 13.4. The van der Waals surface area contributed by atoms with Crippen LogP contribution in [-0.4, -0.2) is 28.2 Å². The van der Waals surface area contributed by atoms with Gasteiger partial charge in [0.15, 0.2) is 16.6 Å². The van der Waals surface area contributed by atoms with Crippen molar-refractivity contribution in [2.45, 2.75) is 12.5 Å². The third-order valence-corrected chi connectivity index (χ3v) is 4.35. The molecule has 130 valence electrons. The summed E-state index contributed by atoms with van der Waals surface area (Å²) in [6.45, 7) is 0. The number of hydrogen-bond acceptors (Lipinski definition) is 4. The lowest BCUT2D eigenvalue weighted by atomic mass is 10.1. The number of nitrogens with one attached hydrogen (secondary N) is 2. The van der Waals surface area contributed by atoms with Crippen LogP contribution < -0.4 is 10.6 Å². The lowest BCUT2D eigenvalue weighted by Crippen LogP contribution is -2.39. The number of nitrogens with zero attached hydrogens (tertiary/aromatic N) is 2. The fourth-order valence-corrected chi connectivity index (χ4v) is 3.09. The number of thiazole rings is 1. The highest BCUT2D eigenvalue weighted by molar-refractivity contribution is 7.15. The van der Waals surface area contributed by atoms with Crippen molar-refractivity contribution >= 4 is 28.1 Å². The third-order valence-electron chi connectivity index (χ3n) is 3.58. The molecule has 0 aliphatic rings. The first-order valence-electron chi connectivity index (χ1n) is 7.35.